The maximum Gasteiger partial charge on any atom is 0.163 e. The lowest BCUT2D eigenvalue weighted by molar-refractivity contribution is 0.0952. The smallest absolute Gasteiger partial charge is 0.163 e. The van der Waals surface area contributed by atoms with Crippen molar-refractivity contribution in [2.45, 2.75) is 13.3 Å². The number of hydrogen-bond donors (Lipinski definition) is 1. The van der Waals surface area contributed by atoms with E-state index in [0.29, 0.717) is 12.0 Å². The summed E-state index contributed by atoms with van der Waals surface area (Å²) in [6.07, 6.45) is 4.10. The highest BCUT2D eigenvalue weighted by molar-refractivity contribution is 5.96. The fraction of sp³-hybridized carbons (Fsp3) is 0.250. The largest absolute Gasteiger partial charge is 0.497 e. The van der Waals surface area contributed by atoms with Gasteiger partial charge in [0.25, 0.3) is 0 Å². The molecule has 0 aliphatic heterocycles. The molecule has 3 nitrogen and oxygen atoms in total. The molecule has 2 rings (SSSR count). The average Bonchev–Trinajstić information content (AvgIpc) is 2.59. The minimum absolute atomic E-state index is 0.0448. The Morgan fingerprint density at radius 1 is 1.13 bits per heavy atom. The Kier molecular flexibility index (Phi) is 6.12. The standard InChI is InChI=1S/C20H22O3/c1-15-3-9-18(10-4-15)20(22)13-17(14-21)6-5-16-7-11-19(23-2)12-8-16/h3-12,17,21H,13-14H2,1-2H3/b6-5+/t17-/m1/s1. The zero-order valence-electron chi connectivity index (χ0n) is 13.5. The van der Waals surface area contributed by atoms with E-state index in [2.05, 4.69) is 0 Å². The van der Waals surface area contributed by atoms with Crippen LogP contribution in [0.4, 0.5) is 0 Å². The summed E-state index contributed by atoms with van der Waals surface area (Å²) in [6.45, 7) is 1.94. The molecule has 1 N–H and O–H groups in total. The van der Waals surface area contributed by atoms with E-state index >= 15 is 0 Å². The van der Waals surface area contributed by atoms with E-state index in [1.54, 1.807) is 7.11 Å². The molecule has 0 fully saturated rings. The third kappa shape index (κ3) is 5.08. The second kappa shape index (κ2) is 8.30. The first-order valence-electron chi connectivity index (χ1n) is 7.65. The van der Waals surface area contributed by atoms with Gasteiger partial charge in [0, 0.05) is 24.5 Å². The zero-order chi connectivity index (χ0) is 16.7. The van der Waals surface area contributed by atoms with Gasteiger partial charge in [-0.25, -0.2) is 0 Å². The summed E-state index contributed by atoms with van der Waals surface area (Å²) >= 11 is 0. The molecule has 0 unspecified atom stereocenters. The predicted octanol–water partition coefficient (Wildman–Crippen LogP) is 3.90. The van der Waals surface area contributed by atoms with Crippen molar-refractivity contribution in [2.75, 3.05) is 13.7 Å². The Bertz CT molecular complexity index is 654. The molecule has 0 bridgehead atoms. The zero-order valence-corrected chi connectivity index (χ0v) is 13.5. The van der Waals surface area contributed by atoms with Crippen LogP contribution >= 0.6 is 0 Å². The topological polar surface area (TPSA) is 46.5 Å². The second-order valence-corrected chi connectivity index (χ2v) is 5.57. The Balaban J connectivity index is 1.99. The minimum Gasteiger partial charge on any atom is -0.497 e. The van der Waals surface area contributed by atoms with Crippen molar-refractivity contribution in [1.29, 1.82) is 0 Å². The molecule has 1 atom stereocenters. The van der Waals surface area contributed by atoms with E-state index in [-0.39, 0.29) is 18.3 Å². The van der Waals surface area contributed by atoms with Crippen molar-refractivity contribution in [3.63, 3.8) is 0 Å². The Hall–Kier alpha value is -2.39. The number of carbonyl (C=O) groups is 1. The van der Waals surface area contributed by atoms with Gasteiger partial charge in [0.05, 0.1) is 7.11 Å². The van der Waals surface area contributed by atoms with E-state index in [4.69, 9.17) is 4.74 Å². The van der Waals surface area contributed by atoms with Gasteiger partial charge in [-0.15, -0.1) is 0 Å². The highest BCUT2D eigenvalue weighted by Crippen LogP contribution is 2.16. The summed E-state index contributed by atoms with van der Waals surface area (Å²) < 4.78 is 5.12. The van der Waals surface area contributed by atoms with Gasteiger partial charge in [-0.05, 0) is 24.6 Å². The Morgan fingerprint density at radius 2 is 1.78 bits per heavy atom. The molecule has 0 saturated carbocycles. The molecular formula is C20H22O3. The first kappa shape index (κ1) is 17.0. The quantitative estimate of drug-likeness (QED) is 0.789. The van der Waals surface area contributed by atoms with Crippen LogP contribution in [-0.4, -0.2) is 24.6 Å². The van der Waals surface area contributed by atoms with E-state index in [1.165, 1.54) is 0 Å². The summed E-state index contributed by atoms with van der Waals surface area (Å²) in [4.78, 5) is 12.3. The normalized spacial score (nSPS) is 12.3. The molecule has 23 heavy (non-hydrogen) atoms. The van der Waals surface area contributed by atoms with Crippen LogP contribution < -0.4 is 4.74 Å². The van der Waals surface area contributed by atoms with E-state index < -0.39 is 0 Å². The molecule has 0 aliphatic carbocycles. The number of hydrogen-bond acceptors (Lipinski definition) is 3. The predicted molar refractivity (Wildman–Crippen MR) is 92.7 cm³/mol. The number of aliphatic hydroxyl groups excluding tert-OH is 1. The maximum absolute atomic E-state index is 12.3. The molecule has 2 aromatic carbocycles. The van der Waals surface area contributed by atoms with Crippen molar-refractivity contribution in [3.05, 3.63) is 71.3 Å². The summed E-state index contributed by atoms with van der Waals surface area (Å²) in [5.41, 5.74) is 2.82. The molecule has 0 aliphatic rings. The van der Waals surface area contributed by atoms with Crippen molar-refractivity contribution in [1.82, 2.24) is 0 Å². The molecular weight excluding hydrogens is 288 g/mol. The van der Waals surface area contributed by atoms with Crippen LogP contribution in [0, 0.1) is 12.8 Å². The van der Waals surface area contributed by atoms with Crippen molar-refractivity contribution in [2.24, 2.45) is 5.92 Å². The Labute approximate surface area is 137 Å². The fourth-order valence-electron chi connectivity index (χ4n) is 2.25. The molecule has 120 valence electrons. The summed E-state index contributed by atoms with van der Waals surface area (Å²) in [7, 11) is 1.63. The van der Waals surface area contributed by atoms with E-state index in [9.17, 15) is 9.90 Å². The van der Waals surface area contributed by atoms with Gasteiger partial charge in [-0.2, -0.15) is 0 Å². The maximum atomic E-state index is 12.3. The van der Waals surface area contributed by atoms with Gasteiger partial charge in [0.1, 0.15) is 5.75 Å². The molecule has 0 heterocycles. The number of ketones is 1. The monoisotopic (exact) mass is 310 g/mol. The third-order valence-corrected chi connectivity index (χ3v) is 3.73. The van der Waals surface area contributed by atoms with E-state index in [0.717, 1.165) is 16.9 Å². The highest BCUT2D eigenvalue weighted by Gasteiger charge is 2.12. The van der Waals surface area contributed by atoms with Crippen LogP contribution in [0.3, 0.4) is 0 Å². The molecule has 0 spiro atoms. The van der Waals surface area contributed by atoms with Gasteiger partial charge in [-0.1, -0.05) is 54.1 Å². The fourth-order valence-corrected chi connectivity index (χ4v) is 2.25. The van der Waals surface area contributed by atoms with Crippen LogP contribution in [0.1, 0.15) is 27.9 Å². The number of aliphatic hydroxyl groups is 1. The lowest BCUT2D eigenvalue weighted by Crippen LogP contribution is -2.10. The lowest BCUT2D eigenvalue weighted by Gasteiger charge is -2.09. The number of Topliss-reactive ketones (excluding diaryl/α,β-unsaturated/α-hetero) is 1. The second-order valence-electron chi connectivity index (χ2n) is 5.57. The van der Waals surface area contributed by atoms with Gasteiger partial charge in [-0.3, -0.25) is 4.79 Å². The summed E-state index contributed by atoms with van der Waals surface area (Å²) in [5.74, 6) is 0.657. The highest BCUT2D eigenvalue weighted by atomic mass is 16.5. The number of aryl methyl sites for hydroxylation is 1. The van der Waals surface area contributed by atoms with Crippen LogP contribution in [0.2, 0.25) is 0 Å². The number of rotatable bonds is 7. The third-order valence-electron chi connectivity index (χ3n) is 3.73. The van der Waals surface area contributed by atoms with Crippen LogP contribution in [-0.2, 0) is 0 Å². The number of benzene rings is 2. The van der Waals surface area contributed by atoms with Gasteiger partial charge in [0.2, 0.25) is 0 Å². The van der Waals surface area contributed by atoms with Gasteiger partial charge >= 0.3 is 0 Å². The number of ether oxygens (including phenoxy) is 1. The van der Waals surface area contributed by atoms with Gasteiger partial charge in [0.15, 0.2) is 5.78 Å². The summed E-state index contributed by atoms with van der Waals surface area (Å²) in [5, 5.41) is 9.50. The van der Waals surface area contributed by atoms with Crippen LogP contribution in [0.15, 0.2) is 54.6 Å². The Morgan fingerprint density at radius 3 is 2.35 bits per heavy atom. The van der Waals surface area contributed by atoms with Crippen molar-refractivity contribution >= 4 is 11.9 Å². The molecule has 0 amide bonds. The molecule has 0 saturated heterocycles. The first-order chi connectivity index (χ1) is 11.1. The van der Waals surface area contributed by atoms with Crippen molar-refractivity contribution < 1.29 is 14.6 Å². The lowest BCUT2D eigenvalue weighted by atomic mass is 9.97. The first-order valence-corrected chi connectivity index (χ1v) is 7.65. The van der Waals surface area contributed by atoms with Gasteiger partial charge < -0.3 is 9.84 Å². The van der Waals surface area contributed by atoms with E-state index in [1.807, 2.05) is 67.6 Å². The molecule has 0 radical (unpaired) electrons. The SMILES string of the molecule is COc1ccc(/C=C/[C@@H](CO)CC(=O)c2ccc(C)cc2)cc1. The molecule has 0 aromatic heterocycles. The molecule has 3 heteroatoms. The molecule has 2 aromatic rings. The minimum atomic E-state index is -0.189. The van der Waals surface area contributed by atoms with Crippen LogP contribution in [0.25, 0.3) is 6.08 Å². The summed E-state index contributed by atoms with van der Waals surface area (Å²) in [6, 6.07) is 15.1. The van der Waals surface area contributed by atoms with Crippen molar-refractivity contribution in [3.8, 4) is 5.75 Å². The average molecular weight is 310 g/mol. The van der Waals surface area contributed by atoms with Crippen LogP contribution in [0.5, 0.6) is 5.75 Å². The number of carbonyl (C=O) groups excluding carboxylic acids is 1. The number of methoxy groups -OCH3 is 1.